The molecule has 24 heavy (non-hydrogen) atoms. The predicted molar refractivity (Wildman–Crippen MR) is 101 cm³/mol. The number of aryl methyl sites for hydroxylation is 1. The lowest BCUT2D eigenvalue weighted by Crippen LogP contribution is -2.24. The molecule has 4 nitrogen and oxygen atoms in total. The van der Waals surface area contributed by atoms with E-state index in [4.69, 9.17) is 11.6 Å². The van der Waals surface area contributed by atoms with Gasteiger partial charge in [0.2, 0.25) is 5.91 Å². The van der Waals surface area contributed by atoms with E-state index in [1.807, 2.05) is 31.2 Å². The van der Waals surface area contributed by atoms with Crippen LogP contribution in [0.2, 0.25) is 5.02 Å². The van der Waals surface area contributed by atoms with Crippen molar-refractivity contribution >= 4 is 29.3 Å². The SMILES string of the molecule is CCCCn1c(SCC(=O)NCc2ccccc2Cl)nc(C)c1C. The summed E-state index contributed by atoms with van der Waals surface area (Å²) < 4.78 is 2.21. The summed E-state index contributed by atoms with van der Waals surface area (Å²) in [5.74, 6) is 0.340. The van der Waals surface area contributed by atoms with Crippen LogP contribution in [0, 0.1) is 13.8 Å². The Balaban J connectivity index is 1.90. The summed E-state index contributed by atoms with van der Waals surface area (Å²) in [4.78, 5) is 16.7. The molecule has 0 unspecified atom stereocenters. The number of unbranched alkanes of at least 4 members (excludes halogenated alkanes) is 1. The van der Waals surface area contributed by atoms with Gasteiger partial charge in [0.1, 0.15) is 0 Å². The van der Waals surface area contributed by atoms with Crippen molar-refractivity contribution in [2.45, 2.75) is 51.9 Å². The van der Waals surface area contributed by atoms with Crippen molar-refractivity contribution in [2.75, 3.05) is 5.75 Å². The number of halogens is 1. The Hall–Kier alpha value is -1.46. The van der Waals surface area contributed by atoms with Gasteiger partial charge in [0.05, 0.1) is 11.4 Å². The van der Waals surface area contributed by atoms with Crippen molar-refractivity contribution in [3.8, 4) is 0 Å². The molecule has 0 fully saturated rings. The third kappa shape index (κ3) is 5.02. The lowest BCUT2D eigenvalue weighted by molar-refractivity contribution is -0.118. The molecule has 1 N–H and O–H groups in total. The molecule has 0 atom stereocenters. The Labute approximate surface area is 153 Å². The molecule has 1 amide bonds. The summed E-state index contributed by atoms with van der Waals surface area (Å²) in [6.07, 6.45) is 2.25. The molecular weight excluding hydrogens is 342 g/mol. The highest BCUT2D eigenvalue weighted by Crippen LogP contribution is 2.22. The number of hydrogen-bond donors (Lipinski definition) is 1. The standard InChI is InChI=1S/C18H24ClN3OS/c1-4-5-10-22-14(3)13(2)21-18(22)24-12-17(23)20-11-15-8-6-7-9-16(15)19/h6-9H,4-5,10-12H2,1-3H3,(H,20,23). The van der Waals surface area contributed by atoms with Crippen LogP contribution in [0.4, 0.5) is 0 Å². The van der Waals surface area contributed by atoms with E-state index in [1.54, 1.807) is 0 Å². The van der Waals surface area contributed by atoms with Gasteiger partial charge >= 0.3 is 0 Å². The number of imidazole rings is 1. The fraction of sp³-hybridized carbons (Fsp3) is 0.444. The largest absolute Gasteiger partial charge is 0.351 e. The van der Waals surface area contributed by atoms with Crippen LogP contribution in [-0.2, 0) is 17.9 Å². The van der Waals surface area contributed by atoms with E-state index in [2.05, 4.69) is 28.7 Å². The molecule has 0 saturated heterocycles. The van der Waals surface area contributed by atoms with Gasteiger partial charge < -0.3 is 9.88 Å². The van der Waals surface area contributed by atoms with E-state index in [9.17, 15) is 4.79 Å². The van der Waals surface area contributed by atoms with E-state index in [0.717, 1.165) is 35.8 Å². The minimum absolute atomic E-state index is 0.0136. The van der Waals surface area contributed by atoms with Gasteiger partial charge in [-0.15, -0.1) is 0 Å². The molecule has 0 aliphatic heterocycles. The molecule has 0 radical (unpaired) electrons. The topological polar surface area (TPSA) is 46.9 Å². The molecule has 2 aromatic rings. The zero-order valence-electron chi connectivity index (χ0n) is 14.4. The maximum atomic E-state index is 12.1. The fourth-order valence-electron chi connectivity index (χ4n) is 2.33. The Bertz CT molecular complexity index is 700. The van der Waals surface area contributed by atoms with Crippen LogP contribution in [0.1, 0.15) is 36.7 Å². The maximum absolute atomic E-state index is 12.1. The van der Waals surface area contributed by atoms with E-state index in [0.29, 0.717) is 17.3 Å². The summed E-state index contributed by atoms with van der Waals surface area (Å²) >= 11 is 7.59. The predicted octanol–water partition coefficient (Wildman–Crippen LogP) is 4.36. The van der Waals surface area contributed by atoms with Crippen LogP contribution in [0.3, 0.4) is 0 Å². The highest BCUT2D eigenvalue weighted by Gasteiger charge is 2.13. The van der Waals surface area contributed by atoms with E-state index in [-0.39, 0.29) is 5.91 Å². The molecule has 2 rings (SSSR count). The maximum Gasteiger partial charge on any atom is 0.230 e. The number of aromatic nitrogens is 2. The van der Waals surface area contributed by atoms with Crippen molar-refractivity contribution < 1.29 is 4.79 Å². The van der Waals surface area contributed by atoms with Crippen molar-refractivity contribution in [2.24, 2.45) is 0 Å². The quantitative estimate of drug-likeness (QED) is 0.707. The highest BCUT2D eigenvalue weighted by atomic mass is 35.5. The molecule has 0 aliphatic carbocycles. The monoisotopic (exact) mass is 365 g/mol. The fourth-order valence-corrected chi connectivity index (χ4v) is 3.48. The van der Waals surface area contributed by atoms with Gasteiger partial charge in [-0.2, -0.15) is 0 Å². The first-order chi connectivity index (χ1) is 11.5. The van der Waals surface area contributed by atoms with Crippen molar-refractivity contribution in [1.29, 1.82) is 0 Å². The Morgan fingerprint density at radius 3 is 2.79 bits per heavy atom. The lowest BCUT2D eigenvalue weighted by atomic mass is 10.2. The number of benzene rings is 1. The smallest absolute Gasteiger partial charge is 0.230 e. The van der Waals surface area contributed by atoms with Crippen LogP contribution < -0.4 is 5.32 Å². The summed E-state index contributed by atoms with van der Waals surface area (Å²) in [5.41, 5.74) is 3.14. The molecule has 130 valence electrons. The van der Waals surface area contributed by atoms with Gasteiger partial charge in [-0.3, -0.25) is 4.79 Å². The second-order valence-electron chi connectivity index (χ2n) is 5.73. The molecule has 6 heteroatoms. The second kappa shape index (κ2) is 9.14. The normalized spacial score (nSPS) is 10.8. The Morgan fingerprint density at radius 1 is 1.33 bits per heavy atom. The summed E-state index contributed by atoms with van der Waals surface area (Å²) in [5, 5.41) is 4.51. The molecule has 0 spiro atoms. The third-order valence-electron chi connectivity index (χ3n) is 3.92. The molecular formula is C18H24ClN3OS. The zero-order chi connectivity index (χ0) is 17.5. The van der Waals surface area contributed by atoms with Crippen LogP contribution in [0.15, 0.2) is 29.4 Å². The van der Waals surface area contributed by atoms with Crippen LogP contribution in [-0.4, -0.2) is 21.2 Å². The van der Waals surface area contributed by atoms with Gasteiger partial charge in [-0.1, -0.05) is 54.9 Å². The number of hydrogen-bond acceptors (Lipinski definition) is 3. The Kier molecular flexibility index (Phi) is 7.18. The van der Waals surface area contributed by atoms with E-state index in [1.165, 1.54) is 17.5 Å². The highest BCUT2D eigenvalue weighted by molar-refractivity contribution is 7.99. The van der Waals surface area contributed by atoms with Gasteiger partial charge in [-0.05, 0) is 31.9 Å². The third-order valence-corrected chi connectivity index (χ3v) is 5.27. The Morgan fingerprint density at radius 2 is 2.08 bits per heavy atom. The molecule has 1 aromatic heterocycles. The molecule has 0 bridgehead atoms. The van der Waals surface area contributed by atoms with Crippen molar-refractivity contribution in [1.82, 2.24) is 14.9 Å². The van der Waals surface area contributed by atoms with Gasteiger partial charge in [0.15, 0.2) is 5.16 Å². The van der Waals surface area contributed by atoms with Crippen LogP contribution in [0.5, 0.6) is 0 Å². The number of nitrogens with one attached hydrogen (secondary N) is 1. The van der Waals surface area contributed by atoms with Crippen molar-refractivity contribution in [3.63, 3.8) is 0 Å². The number of rotatable bonds is 8. The first-order valence-electron chi connectivity index (χ1n) is 8.19. The minimum Gasteiger partial charge on any atom is -0.351 e. The first-order valence-corrected chi connectivity index (χ1v) is 9.56. The number of carbonyl (C=O) groups excluding carboxylic acids is 1. The van der Waals surface area contributed by atoms with Gasteiger partial charge in [0, 0.05) is 23.8 Å². The number of thioether (sulfide) groups is 1. The molecule has 0 saturated carbocycles. The lowest BCUT2D eigenvalue weighted by Gasteiger charge is -2.09. The number of amides is 1. The average Bonchev–Trinajstić information content (AvgIpc) is 2.84. The van der Waals surface area contributed by atoms with E-state index < -0.39 is 0 Å². The molecule has 0 aliphatic rings. The van der Waals surface area contributed by atoms with E-state index >= 15 is 0 Å². The minimum atomic E-state index is -0.0136. The van der Waals surface area contributed by atoms with Crippen molar-refractivity contribution in [3.05, 3.63) is 46.2 Å². The van der Waals surface area contributed by atoms with Crippen LogP contribution >= 0.6 is 23.4 Å². The second-order valence-corrected chi connectivity index (χ2v) is 7.08. The summed E-state index contributed by atoms with van der Waals surface area (Å²) in [6, 6.07) is 7.54. The van der Waals surface area contributed by atoms with Gasteiger partial charge in [0.25, 0.3) is 0 Å². The number of nitrogens with zero attached hydrogens (tertiary/aromatic N) is 2. The summed E-state index contributed by atoms with van der Waals surface area (Å²) in [7, 11) is 0. The number of carbonyl (C=O) groups is 1. The van der Waals surface area contributed by atoms with Crippen LogP contribution in [0.25, 0.3) is 0 Å². The first kappa shape index (κ1) is 18.9. The average molecular weight is 366 g/mol. The summed E-state index contributed by atoms with van der Waals surface area (Å²) in [6.45, 7) is 7.67. The molecule has 1 aromatic carbocycles. The molecule has 1 heterocycles. The zero-order valence-corrected chi connectivity index (χ0v) is 16.0. The van der Waals surface area contributed by atoms with Gasteiger partial charge in [-0.25, -0.2) is 4.98 Å².